The maximum absolute atomic E-state index is 5.71. The lowest BCUT2D eigenvalue weighted by molar-refractivity contribution is 0.152. The second kappa shape index (κ2) is 5.85. The van der Waals surface area contributed by atoms with Crippen molar-refractivity contribution in [2.45, 2.75) is 19.4 Å². The molecule has 0 aromatic carbocycles. The Morgan fingerprint density at radius 1 is 1.53 bits per heavy atom. The van der Waals surface area contributed by atoms with Gasteiger partial charge in [0.05, 0.1) is 6.04 Å². The predicted molar refractivity (Wildman–Crippen MR) is 73.0 cm³/mol. The molecular weight excluding hydrogens is 280 g/mol. The van der Waals surface area contributed by atoms with Crippen LogP contribution in [0, 0.1) is 0 Å². The minimum Gasteiger partial charge on any atom is -0.453 e. The van der Waals surface area contributed by atoms with Crippen LogP contribution in [0.15, 0.2) is 33.4 Å². The minimum atomic E-state index is 0.320. The van der Waals surface area contributed by atoms with Crippen molar-refractivity contribution >= 4 is 15.9 Å². The SMILES string of the molecule is C=C(C)C[C@@H](c1ccc(Br)o1)N1CCNCC1. The first-order chi connectivity index (χ1) is 8.16. The highest BCUT2D eigenvalue weighted by Crippen LogP contribution is 2.30. The van der Waals surface area contributed by atoms with Crippen LogP contribution in [0.2, 0.25) is 0 Å². The fraction of sp³-hybridized carbons (Fsp3) is 0.538. The molecule has 1 fully saturated rings. The van der Waals surface area contributed by atoms with Crippen LogP contribution in [-0.2, 0) is 0 Å². The number of halogens is 1. The summed E-state index contributed by atoms with van der Waals surface area (Å²) in [6, 6.07) is 4.34. The molecule has 2 heterocycles. The third kappa shape index (κ3) is 3.44. The molecule has 0 amide bonds. The van der Waals surface area contributed by atoms with Crippen molar-refractivity contribution in [2.75, 3.05) is 26.2 Å². The molecule has 0 unspecified atom stereocenters. The van der Waals surface area contributed by atoms with Crippen molar-refractivity contribution in [1.29, 1.82) is 0 Å². The lowest BCUT2D eigenvalue weighted by Crippen LogP contribution is -2.45. The molecular formula is C13H19BrN2O. The summed E-state index contributed by atoms with van der Waals surface area (Å²) in [5, 5.41) is 3.38. The van der Waals surface area contributed by atoms with E-state index in [9.17, 15) is 0 Å². The van der Waals surface area contributed by atoms with Crippen LogP contribution in [0.1, 0.15) is 25.1 Å². The monoisotopic (exact) mass is 298 g/mol. The molecule has 0 bridgehead atoms. The van der Waals surface area contributed by atoms with Gasteiger partial charge in [-0.15, -0.1) is 6.58 Å². The Hall–Kier alpha value is -0.580. The van der Waals surface area contributed by atoms with E-state index in [1.165, 1.54) is 5.57 Å². The Morgan fingerprint density at radius 2 is 2.24 bits per heavy atom. The molecule has 3 nitrogen and oxygen atoms in total. The van der Waals surface area contributed by atoms with Gasteiger partial charge in [-0.2, -0.15) is 0 Å². The first-order valence-electron chi connectivity index (χ1n) is 6.01. The summed E-state index contributed by atoms with van der Waals surface area (Å²) in [6.07, 6.45) is 0.958. The number of piperazine rings is 1. The molecule has 0 radical (unpaired) electrons. The highest BCUT2D eigenvalue weighted by molar-refractivity contribution is 9.10. The van der Waals surface area contributed by atoms with E-state index in [4.69, 9.17) is 4.42 Å². The van der Waals surface area contributed by atoms with Crippen molar-refractivity contribution < 1.29 is 4.42 Å². The highest BCUT2D eigenvalue weighted by Gasteiger charge is 2.24. The van der Waals surface area contributed by atoms with Gasteiger partial charge in [0.1, 0.15) is 5.76 Å². The maximum atomic E-state index is 5.71. The quantitative estimate of drug-likeness (QED) is 0.867. The van der Waals surface area contributed by atoms with E-state index in [0.29, 0.717) is 6.04 Å². The van der Waals surface area contributed by atoms with Gasteiger partial charge in [0.2, 0.25) is 0 Å². The van der Waals surface area contributed by atoms with E-state index in [-0.39, 0.29) is 0 Å². The van der Waals surface area contributed by atoms with Crippen LogP contribution in [0.25, 0.3) is 0 Å². The van der Waals surface area contributed by atoms with E-state index in [2.05, 4.69) is 45.7 Å². The number of nitrogens with zero attached hydrogens (tertiary/aromatic N) is 1. The van der Waals surface area contributed by atoms with Crippen LogP contribution in [0.4, 0.5) is 0 Å². The molecule has 0 saturated carbocycles. The Morgan fingerprint density at radius 3 is 2.76 bits per heavy atom. The van der Waals surface area contributed by atoms with Crippen molar-refractivity contribution in [2.24, 2.45) is 0 Å². The standard InChI is InChI=1S/C13H19BrN2O/c1-10(2)9-11(12-3-4-13(14)17-12)16-7-5-15-6-8-16/h3-4,11,15H,1,5-9H2,2H3/t11-/m0/s1. The molecule has 1 atom stereocenters. The van der Waals surface area contributed by atoms with Gasteiger partial charge in [-0.3, -0.25) is 4.90 Å². The molecule has 94 valence electrons. The van der Waals surface area contributed by atoms with Crippen molar-refractivity contribution in [3.63, 3.8) is 0 Å². The zero-order chi connectivity index (χ0) is 12.3. The topological polar surface area (TPSA) is 28.4 Å². The Balaban J connectivity index is 2.14. The van der Waals surface area contributed by atoms with Crippen LogP contribution in [0.3, 0.4) is 0 Å². The second-order valence-corrected chi connectivity index (χ2v) is 5.39. The Labute approximate surface area is 111 Å². The van der Waals surface area contributed by atoms with Gasteiger partial charge in [0.15, 0.2) is 4.67 Å². The van der Waals surface area contributed by atoms with E-state index in [0.717, 1.165) is 43.0 Å². The first kappa shape index (κ1) is 12.9. The van der Waals surface area contributed by atoms with Gasteiger partial charge >= 0.3 is 0 Å². The average molecular weight is 299 g/mol. The molecule has 1 N–H and O–H groups in total. The van der Waals surface area contributed by atoms with Crippen LogP contribution in [-0.4, -0.2) is 31.1 Å². The van der Waals surface area contributed by atoms with Crippen LogP contribution >= 0.6 is 15.9 Å². The minimum absolute atomic E-state index is 0.320. The summed E-state index contributed by atoms with van der Waals surface area (Å²) in [5.41, 5.74) is 1.20. The summed E-state index contributed by atoms with van der Waals surface area (Å²) in [6.45, 7) is 10.3. The zero-order valence-electron chi connectivity index (χ0n) is 10.2. The van der Waals surface area contributed by atoms with E-state index < -0.39 is 0 Å². The molecule has 1 saturated heterocycles. The average Bonchev–Trinajstić information content (AvgIpc) is 2.73. The smallest absolute Gasteiger partial charge is 0.169 e. The highest BCUT2D eigenvalue weighted by atomic mass is 79.9. The Bertz CT molecular complexity index is 383. The van der Waals surface area contributed by atoms with Gasteiger partial charge in [-0.1, -0.05) is 5.57 Å². The molecule has 1 aliphatic rings. The van der Waals surface area contributed by atoms with Crippen LogP contribution in [0.5, 0.6) is 0 Å². The van der Waals surface area contributed by atoms with Crippen molar-refractivity contribution in [3.8, 4) is 0 Å². The third-order valence-electron chi connectivity index (χ3n) is 3.06. The summed E-state index contributed by atoms with van der Waals surface area (Å²) in [7, 11) is 0. The predicted octanol–water partition coefficient (Wildman–Crippen LogP) is 2.95. The molecule has 0 spiro atoms. The van der Waals surface area contributed by atoms with Gasteiger partial charge in [-0.05, 0) is 41.4 Å². The fourth-order valence-electron chi connectivity index (χ4n) is 2.24. The zero-order valence-corrected chi connectivity index (χ0v) is 11.8. The van der Waals surface area contributed by atoms with Crippen molar-refractivity contribution in [1.82, 2.24) is 10.2 Å². The van der Waals surface area contributed by atoms with Gasteiger partial charge in [0.25, 0.3) is 0 Å². The fourth-order valence-corrected chi connectivity index (χ4v) is 2.56. The Kier molecular flexibility index (Phi) is 4.42. The molecule has 1 aromatic heterocycles. The van der Waals surface area contributed by atoms with Gasteiger partial charge < -0.3 is 9.73 Å². The summed E-state index contributed by atoms with van der Waals surface area (Å²) >= 11 is 3.37. The molecule has 1 aromatic rings. The second-order valence-electron chi connectivity index (χ2n) is 4.60. The maximum Gasteiger partial charge on any atom is 0.169 e. The number of hydrogen-bond acceptors (Lipinski definition) is 3. The van der Waals surface area contributed by atoms with Crippen LogP contribution < -0.4 is 5.32 Å². The lowest BCUT2D eigenvalue weighted by Gasteiger charge is -2.34. The largest absolute Gasteiger partial charge is 0.453 e. The summed E-state index contributed by atoms with van der Waals surface area (Å²) < 4.78 is 6.51. The molecule has 0 aliphatic carbocycles. The number of hydrogen-bond donors (Lipinski definition) is 1. The molecule has 4 heteroatoms. The lowest BCUT2D eigenvalue weighted by atomic mass is 10.0. The van der Waals surface area contributed by atoms with E-state index in [1.54, 1.807) is 0 Å². The summed E-state index contributed by atoms with van der Waals surface area (Å²) in [4.78, 5) is 2.47. The third-order valence-corrected chi connectivity index (χ3v) is 3.48. The molecule has 1 aliphatic heterocycles. The first-order valence-corrected chi connectivity index (χ1v) is 6.80. The number of nitrogens with one attached hydrogen (secondary N) is 1. The number of furan rings is 1. The van der Waals surface area contributed by atoms with Gasteiger partial charge in [-0.25, -0.2) is 0 Å². The van der Waals surface area contributed by atoms with E-state index in [1.807, 2.05) is 6.07 Å². The van der Waals surface area contributed by atoms with Gasteiger partial charge in [0, 0.05) is 26.2 Å². The molecule has 17 heavy (non-hydrogen) atoms. The summed E-state index contributed by atoms with van der Waals surface area (Å²) in [5.74, 6) is 1.03. The number of rotatable bonds is 4. The van der Waals surface area contributed by atoms with Crippen molar-refractivity contribution in [3.05, 3.63) is 34.7 Å². The normalized spacial score (nSPS) is 19.2. The van der Waals surface area contributed by atoms with E-state index >= 15 is 0 Å². The molecule has 2 rings (SSSR count).